The summed E-state index contributed by atoms with van der Waals surface area (Å²) in [5, 5.41) is 9.34. The molecule has 4 rings (SSSR count). The Balaban J connectivity index is 1.61. The first-order valence-corrected chi connectivity index (χ1v) is 10.9. The first-order valence-electron chi connectivity index (χ1n) is 9.13. The van der Waals surface area contributed by atoms with Crippen LogP contribution in [0.1, 0.15) is 21.6 Å². The van der Waals surface area contributed by atoms with Crippen LogP contribution in [0.25, 0.3) is 0 Å². The van der Waals surface area contributed by atoms with E-state index in [4.69, 9.17) is 0 Å². The van der Waals surface area contributed by atoms with Gasteiger partial charge in [0.1, 0.15) is 5.69 Å². The Morgan fingerprint density at radius 2 is 1.86 bits per heavy atom. The van der Waals surface area contributed by atoms with Crippen molar-refractivity contribution in [3.63, 3.8) is 0 Å². The molecular formula is C20H20N4O3S. The minimum atomic E-state index is -3.24. The van der Waals surface area contributed by atoms with Gasteiger partial charge < -0.3 is 4.90 Å². The molecule has 28 heavy (non-hydrogen) atoms. The van der Waals surface area contributed by atoms with Gasteiger partial charge in [-0.25, -0.2) is 8.42 Å². The molecular weight excluding hydrogens is 376 g/mol. The van der Waals surface area contributed by atoms with Gasteiger partial charge in [-0.05, 0) is 23.8 Å². The summed E-state index contributed by atoms with van der Waals surface area (Å²) >= 11 is 0. The van der Waals surface area contributed by atoms with Gasteiger partial charge in [0.2, 0.25) is 0 Å². The van der Waals surface area contributed by atoms with Crippen LogP contribution in [-0.2, 0) is 16.4 Å². The van der Waals surface area contributed by atoms with Crippen molar-refractivity contribution in [2.24, 2.45) is 0 Å². The summed E-state index contributed by atoms with van der Waals surface area (Å²) in [6.07, 6.45) is 1.56. The molecule has 0 aliphatic carbocycles. The van der Waals surface area contributed by atoms with Gasteiger partial charge in [-0.15, -0.1) is 0 Å². The molecule has 1 amide bonds. The lowest BCUT2D eigenvalue weighted by Gasteiger charge is -2.43. The summed E-state index contributed by atoms with van der Waals surface area (Å²) in [7, 11) is -3.24. The number of amides is 1. The third-order valence-electron chi connectivity index (χ3n) is 5.45. The second kappa shape index (κ2) is 7.34. The second-order valence-electron chi connectivity index (χ2n) is 7.16. The summed E-state index contributed by atoms with van der Waals surface area (Å²) in [6.45, 7) is 1.47. The third kappa shape index (κ3) is 3.51. The maximum Gasteiger partial charge on any atom is 0.272 e. The van der Waals surface area contributed by atoms with E-state index in [2.05, 4.69) is 16.0 Å². The number of sulfone groups is 1. The predicted molar refractivity (Wildman–Crippen MR) is 103 cm³/mol. The van der Waals surface area contributed by atoms with Gasteiger partial charge in [0.25, 0.3) is 5.91 Å². The molecule has 1 aromatic carbocycles. The Kier molecular flexibility index (Phi) is 4.87. The molecule has 2 saturated heterocycles. The molecule has 144 valence electrons. The Hall–Kier alpha value is -2.76. The number of hydrogen-bond donors (Lipinski definition) is 0. The van der Waals surface area contributed by atoms with Crippen LogP contribution in [0, 0.1) is 11.3 Å². The standard InChI is InChI=1S/C20H20N4O3S/c21-11-15-5-1-2-6-16(15)12-23-9-10-24(19-14-28(26,27)13-18(19)23)20(25)17-7-3-4-8-22-17/h1-8,18-19H,9-10,12-14H2/t18-,19+/m0/s1. The van der Waals surface area contributed by atoms with Crippen LogP contribution in [0.15, 0.2) is 48.7 Å². The Bertz CT molecular complexity index is 1030. The number of benzene rings is 1. The molecule has 2 aromatic rings. The smallest absolute Gasteiger partial charge is 0.272 e. The van der Waals surface area contributed by atoms with E-state index in [-0.39, 0.29) is 23.5 Å². The molecule has 0 bridgehead atoms. The van der Waals surface area contributed by atoms with Crippen LogP contribution < -0.4 is 0 Å². The first-order chi connectivity index (χ1) is 13.5. The average Bonchev–Trinajstić information content (AvgIpc) is 3.04. The number of piperazine rings is 1. The highest BCUT2D eigenvalue weighted by Crippen LogP contribution is 2.29. The van der Waals surface area contributed by atoms with E-state index in [0.717, 1.165) is 5.56 Å². The van der Waals surface area contributed by atoms with Crippen LogP contribution in [0.5, 0.6) is 0 Å². The van der Waals surface area contributed by atoms with E-state index < -0.39 is 15.9 Å². The van der Waals surface area contributed by atoms with E-state index in [9.17, 15) is 18.5 Å². The molecule has 2 aliphatic rings. The monoisotopic (exact) mass is 396 g/mol. The summed E-state index contributed by atoms with van der Waals surface area (Å²) in [4.78, 5) is 20.8. The topological polar surface area (TPSA) is 94.4 Å². The second-order valence-corrected chi connectivity index (χ2v) is 9.32. The number of fused-ring (bicyclic) bond motifs is 1. The molecule has 7 nitrogen and oxygen atoms in total. The number of aromatic nitrogens is 1. The summed E-state index contributed by atoms with van der Waals surface area (Å²) < 4.78 is 24.8. The lowest BCUT2D eigenvalue weighted by molar-refractivity contribution is 0.0301. The van der Waals surface area contributed by atoms with Crippen molar-refractivity contribution in [3.05, 3.63) is 65.5 Å². The highest BCUT2D eigenvalue weighted by atomic mass is 32.2. The number of nitriles is 1. The predicted octanol–water partition coefficient (Wildman–Crippen LogP) is 1.08. The van der Waals surface area contributed by atoms with Crippen molar-refractivity contribution in [3.8, 4) is 6.07 Å². The molecule has 2 aliphatic heterocycles. The average molecular weight is 396 g/mol. The maximum absolute atomic E-state index is 12.9. The van der Waals surface area contributed by atoms with Crippen molar-refractivity contribution in [2.45, 2.75) is 18.6 Å². The number of nitrogens with zero attached hydrogens (tertiary/aromatic N) is 4. The van der Waals surface area contributed by atoms with E-state index >= 15 is 0 Å². The molecule has 0 spiro atoms. The molecule has 2 fully saturated rings. The normalized spacial score (nSPS) is 23.8. The molecule has 3 heterocycles. The Labute approximate surface area is 164 Å². The molecule has 8 heteroatoms. The zero-order chi connectivity index (χ0) is 19.7. The van der Waals surface area contributed by atoms with Crippen molar-refractivity contribution in [2.75, 3.05) is 24.6 Å². The number of pyridine rings is 1. The van der Waals surface area contributed by atoms with Crippen LogP contribution in [0.3, 0.4) is 0 Å². The molecule has 0 saturated carbocycles. The number of rotatable bonds is 3. The fourth-order valence-corrected chi connectivity index (χ4v) is 6.11. The van der Waals surface area contributed by atoms with Crippen LogP contribution in [-0.4, -0.2) is 65.8 Å². The lowest BCUT2D eigenvalue weighted by atomic mass is 10.0. The largest absolute Gasteiger partial charge is 0.330 e. The van der Waals surface area contributed by atoms with E-state index in [1.165, 1.54) is 0 Å². The molecule has 1 aromatic heterocycles. The highest BCUT2D eigenvalue weighted by Gasteiger charge is 2.48. The lowest BCUT2D eigenvalue weighted by Crippen LogP contribution is -2.60. The van der Waals surface area contributed by atoms with Crippen molar-refractivity contribution >= 4 is 15.7 Å². The van der Waals surface area contributed by atoms with Crippen molar-refractivity contribution < 1.29 is 13.2 Å². The number of carbonyl (C=O) groups is 1. The van der Waals surface area contributed by atoms with Crippen LogP contribution >= 0.6 is 0 Å². The van der Waals surface area contributed by atoms with Gasteiger partial charge >= 0.3 is 0 Å². The highest BCUT2D eigenvalue weighted by molar-refractivity contribution is 7.91. The van der Waals surface area contributed by atoms with Gasteiger partial charge in [0.05, 0.1) is 29.2 Å². The summed E-state index contributed by atoms with van der Waals surface area (Å²) in [5.41, 5.74) is 1.79. The van der Waals surface area contributed by atoms with Gasteiger partial charge in [0.15, 0.2) is 9.84 Å². The van der Waals surface area contributed by atoms with Crippen molar-refractivity contribution in [1.29, 1.82) is 5.26 Å². The van der Waals surface area contributed by atoms with Gasteiger partial charge in [0, 0.05) is 31.9 Å². The SMILES string of the molecule is N#Cc1ccccc1CN1CCN(C(=O)c2ccccn2)[C@@H]2CS(=O)(=O)C[C@@H]21. The van der Waals surface area contributed by atoms with Crippen LogP contribution in [0.4, 0.5) is 0 Å². The molecule has 0 radical (unpaired) electrons. The summed E-state index contributed by atoms with van der Waals surface area (Å²) in [5.74, 6) is -0.241. The molecule has 0 unspecified atom stereocenters. The quantitative estimate of drug-likeness (QED) is 0.771. The van der Waals surface area contributed by atoms with Gasteiger partial charge in [-0.3, -0.25) is 14.7 Å². The maximum atomic E-state index is 12.9. The Morgan fingerprint density at radius 1 is 1.11 bits per heavy atom. The van der Waals surface area contributed by atoms with Crippen molar-refractivity contribution in [1.82, 2.24) is 14.8 Å². The zero-order valence-electron chi connectivity index (χ0n) is 15.2. The zero-order valence-corrected chi connectivity index (χ0v) is 16.0. The third-order valence-corrected chi connectivity index (χ3v) is 7.15. The van der Waals surface area contributed by atoms with Crippen LogP contribution in [0.2, 0.25) is 0 Å². The van der Waals surface area contributed by atoms with E-state index in [1.54, 1.807) is 35.4 Å². The van der Waals surface area contributed by atoms with E-state index in [1.807, 2.05) is 18.2 Å². The van der Waals surface area contributed by atoms with Gasteiger partial charge in [-0.2, -0.15) is 5.26 Å². The molecule has 2 atom stereocenters. The number of hydrogen-bond acceptors (Lipinski definition) is 6. The first kappa shape index (κ1) is 18.6. The van der Waals surface area contributed by atoms with Gasteiger partial charge in [-0.1, -0.05) is 24.3 Å². The molecule has 0 N–H and O–H groups in total. The summed E-state index contributed by atoms with van der Waals surface area (Å²) in [6, 6.07) is 14.0. The minimum Gasteiger partial charge on any atom is -0.330 e. The Morgan fingerprint density at radius 3 is 2.61 bits per heavy atom. The number of carbonyl (C=O) groups excluding carboxylic acids is 1. The fourth-order valence-electron chi connectivity index (χ4n) is 4.10. The fraction of sp³-hybridized carbons (Fsp3) is 0.350. The minimum absolute atomic E-state index is 0.0262. The van der Waals surface area contributed by atoms with E-state index in [0.29, 0.717) is 30.9 Å².